The molecule has 0 spiro atoms. The van der Waals surface area contributed by atoms with Crippen LogP contribution in [0.25, 0.3) is 0 Å². The molecule has 134 valence electrons. The molecule has 0 saturated heterocycles. The summed E-state index contributed by atoms with van der Waals surface area (Å²) in [5.74, 6) is -0.837. The van der Waals surface area contributed by atoms with Crippen LogP contribution < -0.4 is 5.32 Å². The van der Waals surface area contributed by atoms with Crippen LogP contribution in [-0.4, -0.2) is 20.8 Å². The number of rotatable bonds is 5. The van der Waals surface area contributed by atoms with E-state index >= 15 is 0 Å². The molecule has 3 rings (SSSR count). The Morgan fingerprint density at radius 1 is 1.27 bits per heavy atom. The third-order valence-electron chi connectivity index (χ3n) is 4.22. The summed E-state index contributed by atoms with van der Waals surface area (Å²) in [7, 11) is 1.79. The van der Waals surface area contributed by atoms with Crippen molar-refractivity contribution < 1.29 is 14.3 Å². The highest BCUT2D eigenvalue weighted by molar-refractivity contribution is 6.05. The van der Waals surface area contributed by atoms with E-state index < -0.39 is 11.9 Å². The molecule has 2 aromatic carbocycles. The maximum Gasteiger partial charge on any atom is 0.259 e. The average Bonchev–Trinajstić information content (AvgIpc) is 2.98. The average molecular weight is 353 g/mol. The molecule has 0 aliphatic heterocycles. The third kappa shape index (κ3) is 3.81. The largest absolute Gasteiger partial charge is 0.389 e. The number of aliphatic hydroxyl groups is 1. The molecule has 2 N–H and O–H groups in total. The van der Waals surface area contributed by atoms with Crippen molar-refractivity contribution >= 4 is 11.6 Å². The maximum absolute atomic E-state index is 13.7. The minimum atomic E-state index is -0.959. The van der Waals surface area contributed by atoms with Crippen LogP contribution in [0, 0.1) is 5.82 Å². The molecular formula is C20H20FN3O2. The summed E-state index contributed by atoms with van der Waals surface area (Å²) in [6.45, 7) is 1.48. The van der Waals surface area contributed by atoms with Crippen molar-refractivity contribution in [2.45, 2.75) is 19.4 Å². The molecule has 1 aromatic heterocycles. The summed E-state index contributed by atoms with van der Waals surface area (Å²) in [6.07, 6.45) is 1.13. The first-order chi connectivity index (χ1) is 12.5. The molecule has 1 atom stereocenters. The first kappa shape index (κ1) is 17.8. The first-order valence-electron chi connectivity index (χ1n) is 8.29. The topological polar surface area (TPSA) is 67.2 Å². The Morgan fingerprint density at radius 3 is 2.69 bits per heavy atom. The van der Waals surface area contributed by atoms with E-state index in [1.165, 1.54) is 31.3 Å². The minimum absolute atomic E-state index is 0.137. The first-order valence-corrected chi connectivity index (χ1v) is 8.29. The summed E-state index contributed by atoms with van der Waals surface area (Å²) in [6, 6.07) is 13.9. The second kappa shape index (κ2) is 7.49. The van der Waals surface area contributed by atoms with E-state index in [-0.39, 0.29) is 11.5 Å². The van der Waals surface area contributed by atoms with E-state index in [4.69, 9.17) is 0 Å². The molecule has 0 aliphatic rings. The van der Waals surface area contributed by atoms with E-state index in [0.717, 1.165) is 11.3 Å². The lowest BCUT2D eigenvalue weighted by Crippen LogP contribution is -2.15. The number of halogens is 1. The highest BCUT2D eigenvalue weighted by Crippen LogP contribution is 2.22. The number of hydrogen-bond acceptors (Lipinski definition) is 3. The van der Waals surface area contributed by atoms with Crippen LogP contribution in [0.3, 0.4) is 0 Å². The number of aryl methyl sites for hydroxylation is 1. The predicted molar refractivity (Wildman–Crippen MR) is 97.4 cm³/mol. The van der Waals surface area contributed by atoms with Crippen molar-refractivity contribution in [1.29, 1.82) is 0 Å². The number of nitrogens with zero attached hydrogens (tertiary/aromatic N) is 2. The zero-order chi connectivity index (χ0) is 18.7. The van der Waals surface area contributed by atoms with Crippen LogP contribution in [0.15, 0.2) is 54.7 Å². The molecular weight excluding hydrogens is 333 g/mol. The number of aliphatic hydroxyl groups excluding tert-OH is 1. The minimum Gasteiger partial charge on any atom is -0.389 e. The van der Waals surface area contributed by atoms with Crippen LogP contribution in [0.2, 0.25) is 0 Å². The predicted octanol–water partition coefficient (Wildman–Crippen LogP) is 3.46. The van der Waals surface area contributed by atoms with Gasteiger partial charge in [-0.1, -0.05) is 30.3 Å². The van der Waals surface area contributed by atoms with E-state index in [1.807, 2.05) is 30.3 Å². The summed E-state index contributed by atoms with van der Waals surface area (Å²) in [4.78, 5) is 12.7. The van der Waals surface area contributed by atoms with Gasteiger partial charge in [-0.05, 0) is 30.7 Å². The molecule has 1 heterocycles. The number of amides is 1. The van der Waals surface area contributed by atoms with Crippen LogP contribution in [0.4, 0.5) is 10.1 Å². The van der Waals surface area contributed by atoms with Crippen molar-refractivity contribution in [3.05, 3.63) is 82.9 Å². The van der Waals surface area contributed by atoms with Gasteiger partial charge in [0, 0.05) is 24.7 Å². The number of hydrogen-bond donors (Lipinski definition) is 2. The standard InChI is InChI=1S/C20H20FN3O2/c1-13(25)16-11-15(8-9-18(16)21)23-20(26)17-12-22-24(2)19(17)10-14-6-4-3-5-7-14/h3-9,11-13,25H,10H2,1-2H3,(H,23,26). The zero-order valence-corrected chi connectivity index (χ0v) is 14.6. The fourth-order valence-corrected chi connectivity index (χ4v) is 2.79. The van der Waals surface area contributed by atoms with Crippen molar-refractivity contribution in [2.75, 3.05) is 5.32 Å². The van der Waals surface area contributed by atoms with Crippen LogP contribution in [0.5, 0.6) is 0 Å². The van der Waals surface area contributed by atoms with E-state index in [2.05, 4.69) is 10.4 Å². The molecule has 6 heteroatoms. The number of nitrogens with one attached hydrogen (secondary N) is 1. The smallest absolute Gasteiger partial charge is 0.259 e. The highest BCUT2D eigenvalue weighted by Gasteiger charge is 2.17. The van der Waals surface area contributed by atoms with Crippen molar-refractivity contribution in [3.63, 3.8) is 0 Å². The van der Waals surface area contributed by atoms with Gasteiger partial charge in [-0.15, -0.1) is 0 Å². The fraction of sp³-hybridized carbons (Fsp3) is 0.200. The zero-order valence-electron chi connectivity index (χ0n) is 14.6. The summed E-state index contributed by atoms with van der Waals surface area (Å²) >= 11 is 0. The van der Waals surface area contributed by atoms with Gasteiger partial charge in [0.05, 0.1) is 23.6 Å². The van der Waals surface area contributed by atoms with Gasteiger partial charge in [-0.3, -0.25) is 9.48 Å². The lowest BCUT2D eigenvalue weighted by Gasteiger charge is -2.11. The second-order valence-corrected chi connectivity index (χ2v) is 6.16. The normalized spacial score (nSPS) is 12.0. The molecule has 1 unspecified atom stereocenters. The molecule has 1 amide bonds. The summed E-state index contributed by atoms with van der Waals surface area (Å²) in [5, 5.41) is 16.6. The molecule has 0 radical (unpaired) electrons. The maximum atomic E-state index is 13.7. The fourth-order valence-electron chi connectivity index (χ4n) is 2.79. The number of anilines is 1. The highest BCUT2D eigenvalue weighted by atomic mass is 19.1. The number of benzene rings is 2. The molecule has 5 nitrogen and oxygen atoms in total. The quantitative estimate of drug-likeness (QED) is 0.738. The Morgan fingerprint density at radius 2 is 2.00 bits per heavy atom. The van der Waals surface area contributed by atoms with Crippen molar-refractivity contribution in [1.82, 2.24) is 9.78 Å². The van der Waals surface area contributed by atoms with Gasteiger partial charge >= 0.3 is 0 Å². The molecule has 0 bridgehead atoms. The second-order valence-electron chi connectivity index (χ2n) is 6.16. The molecule has 3 aromatic rings. The number of aromatic nitrogens is 2. The van der Waals surface area contributed by atoms with Crippen molar-refractivity contribution in [2.24, 2.45) is 7.05 Å². The van der Waals surface area contributed by atoms with Gasteiger partial charge in [0.15, 0.2) is 0 Å². The van der Waals surface area contributed by atoms with Gasteiger partial charge < -0.3 is 10.4 Å². The van der Waals surface area contributed by atoms with E-state index in [0.29, 0.717) is 17.7 Å². The van der Waals surface area contributed by atoms with Gasteiger partial charge in [0.25, 0.3) is 5.91 Å². The molecule has 0 aliphatic carbocycles. The van der Waals surface area contributed by atoms with E-state index in [9.17, 15) is 14.3 Å². The van der Waals surface area contributed by atoms with Crippen LogP contribution in [-0.2, 0) is 13.5 Å². The summed E-state index contributed by atoms with van der Waals surface area (Å²) in [5.41, 5.74) is 2.87. The Bertz CT molecular complexity index is 920. The van der Waals surface area contributed by atoms with Gasteiger partial charge in [-0.2, -0.15) is 5.10 Å². The Kier molecular flexibility index (Phi) is 5.14. The monoisotopic (exact) mass is 353 g/mol. The number of carbonyl (C=O) groups is 1. The van der Waals surface area contributed by atoms with Crippen LogP contribution in [0.1, 0.15) is 40.2 Å². The molecule has 26 heavy (non-hydrogen) atoms. The van der Waals surface area contributed by atoms with Crippen LogP contribution >= 0.6 is 0 Å². The van der Waals surface area contributed by atoms with Gasteiger partial charge in [-0.25, -0.2) is 4.39 Å². The van der Waals surface area contributed by atoms with Gasteiger partial charge in [0.2, 0.25) is 0 Å². The lowest BCUT2D eigenvalue weighted by atomic mass is 10.1. The summed E-state index contributed by atoms with van der Waals surface area (Å²) < 4.78 is 15.4. The SMILES string of the molecule is CC(O)c1cc(NC(=O)c2cnn(C)c2Cc2ccccc2)ccc1F. The Labute approximate surface area is 151 Å². The molecule has 0 saturated carbocycles. The third-order valence-corrected chi connectivity index (χ3v) is 4.22. The van der Waals surface area contributed by atoms with E-state index in [1.54, 1.807) is 11.7 Å². The lowest BCUT2D eigenvalue weighted by molar-refractivity contribution is 0.102. The Balaban J connectivity index is 1.84. The Hall–Kier alpha value is -2.99. The number of carbonyl (C=O) groups excluding carboxylic acids is 1. The van der Waals surface area contributed by atoms with Crippen molar-refractivity contribution in [3.8, 4) is 0 Å². The van der Waals surface area contributed by atoms with Gasteiger partial charge in [0.1, 0.15) is 5.82 Å². The molecule has 0 fully saturated rings.